The van der Waals surface area contributed by atoms with Gasteiger partial charge in [0.05, 0.1) is 12.2 Å². The number of hydrogen-bond donors (Lipinski definition) is 0. The van der Waals surface area contributed by atoms with E-state index < -0.39 is 0 Å². The van der Waals surface area contributed by atoms with Crippen LogP contribution in [0.2, 0.25) is 0 Å². The van der Waals surface area contributed by atoms with Crippen molar-refractivity contribution in [2.24, 2.45) is 5.92 Å². The second kappa shape index (κ2) is 10.1. The first kappa shape index (κ1) is 21.6. The number of halogens is 1. The minimum absolute atomic E-state index is 0.0266. The lowest BCUT2D eigenvalue weighted by Gasteiger charge is -2.46. The molecule has 6 heteroatoms. The van der Waals surface area contributed by atoms with Crippen molar-refractivity contribution in [1.82, 2.24) is 4.90 Å². The van der Waals surface area contributed by atoms with Gasteiger partial charge in [-0.25, -0.2) is 4.39 Å². The van der Waals surface area contributed by atoms with Crippen molar-refractivity contribution in [3.05, 3.63) is 60.4 Å². The lowest BCUT2D eigenvalue weighted by atomic mass is 9.78. The molecule has 166 valence electrons. The SMILES string of the molecule is O=C(COc1ccccc1)N1CCC2(CC1)CC(CCOc1ccc(F)cc1)CCO2. The lowest BCUT2D eigenvalue weighted by Crippen LogP contribution is -2.51. The van der Waals surface area contributed by atoms with Gasteiger partial charge < -0.3 is 19.1 Å². The molecule has 0 N–H and O–H groups in total. The molecule has 0 aliphatic carbocycles. The fourth-order valence-corrected chi connectivity index (χ4v) is 4.52. The second-order valence-electron chi connectivity index (χ2n) is 8.46. The number of amides is 1. The van der Waals surface area contributed by atoms with Gasteiger partial charge in [0.1, 0.15) is 17.3 Å². The molecule has 4 rings (SSSR count). The standard InChI is InChI=1S/C25H30FNO4/c26-21-6-8-23(9-7-21)29-16-10-20-11-17-31-25(18-20)12-14-27(15-13-25)24(28)19-30-22-4-2-1-3-5-22/h1-9,20H,10-19H2. The number of ether oxygens (including phenoxy) is 3. The molecule has 2 heterocycles. The normalized spacial score (nSPS) is 20.4. The molecule has 1 unspecified atom stereocenters. The summed E-state index contributed by atoms with van der Waals surface area (Å²) in [6, 6.07) is 15.6. The monoisotopic (exact) mass is 427 g/mol. The molecule has 0 radical (unpaired) electrons. The van der Waals surface area contributed by atoms with Crippen LogP contribution in [-0.2, 0) is 9.53 Å². The summed E-state index contributed by atoms with van der Waals surface area (Å²) >= 11 is 0. The number of carbonyl (C=O) groups excluding carboxylic acids is 1. The maximum atomic E-state index is 13.0. The molecule has 2 aromatic rings. The summed E-state index contributed by atoms with van der Waals surface area (Å²) in [5, 5.41) is 0. The van der Waals surface area contributed by atoms with Gasteiger partial charge in [0.25, 0.3) is 5.91 Å². The van der Waals surface area contributed by atoms with E-state index in [4.69, 9.17) is 14.2 Å². The third-order valence-electron chi connectivity index (χ3n) is 6.34. The van der Waals surface area contributed by atoms with Gasteiger partial charge in [-0.3, -0.25) is 4.79 Å². The number of piperidine rings is 1. The molecular weight excluding hydrogens is 397 g/mol. The van der Waals surface area contributed by atoms with Crippen LogP contribution in [0, 0.1) is 11.7 Å². The predicted octanol–water partition coefficient (Wildman–Crippen LogP) is 4.46. The first-order valence-corrected chi connectivity index (χ1v) is 11.1. The average molecular weight is 428 g/mol. The Kier molecular flexibility index (Phi) is 7.07. The van der Waals surface area contributed by atoms with Crippen LogP contribution in [0.1, 0.15) is 32.1 Å². The Morgan fingerprint density at radius 3 is 2.48 bits per heavy atom. The van der Waals surface area contributed by atoms with E-state index in [1.165, 1.54) is 12.1 Å². The molecule has 31 heavy (non-hydrogen) atoms. The quantitative estimate of drug-likeness (QED) is 0.655. The summed E-state index contributed by atoms with van der Waals surface area (Å²) in [4.78, 5) is 14.4. The third kappa shape index (κ3) is 5.97. The van der Waals surface area contributed by atoms with Gasteiger partial charge in [-0.2, -0.15) is 0 Å². The minimum atomic E-state index is -0.254. The van der Waals surface area contributed by atoms with E-state index in [0.717, 1.165) is 38.7 Å². The molecule has 1 atom stereocenters. The van der Waals surface area contributed by atoms with Crippen LogP contribution in [0.25, 0.3) is 0 Å². The highest BCUT2D eigenvalue weighted by Gasteiger charge is 2.41. The van der Waals surface area contributed by atoms with Crippen LogP contribution >= 0.6 is 0 Å². The van der Waals surface area contributed by atoms with Crippen LogP contribution in [0.4, 0.5) is 4.39 Å². The summed E-state index contributed by atoms with van der Waals surface area (Å²) < 4.78 is 30.6. The summed E-state index contributed by atoms with van der Waals surface area (Å²) in [6.45, 7) is 2.85. The molecule has 2 aliphatic rings. The summed E-state index contributed by atoms with van der Waals surface area (Å²) in [5.74, 6) is 1.73. The highest BCUT2D eigenvalue weighted by atomic mass is 19.1. The fourth-order valence-electron chi connectivity index (χ4n) is 4.52. The second-order valence-corrected chi connectivity index (χ2v) is 8.46. The Balaban J connectivity index is 1.20. The summed E-state index contributed by atoms with van der Waals surface area (Å²) in [6.07, 6.45) is 4.71. The van der Waals surface area contributed by atoms with E-state index in [2.05, 4.69) is 0 Å². The summed E-state index contributed by atoms with van der Waals surface area (Å²) in [7, 11) is 0. The maximum Gasteiger partial charge on any atom is 0.260 e. The first-order valence-electron chi connectivity index (χ1n) is 11.1. The zero-order valence-electron chi connectivity index (χ0n) is 17.8. The molecule has 0 bridgehead atoms. The van der Waals surface area contributed by atoms with Crippen molar-refractivity contribution in [2.45, 2.75) is 37.7 Å². The van der Waals surface area contributed by atoms with E-state index >= 15 is 0 Å². The Morgan fingerprint density at radius 2 is 1.74 bits per heavy atom. The van der Waals surface area contributed by atoms with Crippen molar-refractivity contribution >= 4 is 5.91 Å². The van der Waals surface area contributed by atoms with Gasteiger partial charge in [0, 0.05) is 19.7 Å². The van der Waals surface area contributed by atoms with E-state index in [9.17, 15) is 9.18 Å². The van der Waals surface area contributed by atoms with Crippen molar-refractivity contribution in [2.75, 3.05) is 32.9 Å². The Bertz CT molecular complexity index is 834. The number of likely N-dealkylation sites (tertiary alicyclic amines) is 1. The molecular formula is C25H30FNO4. The van der Waals surface area contributed by atoms with Crippen LogP contribution in [0.5, 0.6) is 11.5 Å². The fraction of sp³-hybridized carbons (Fsp3) is 0.480. The van der Waals surface area contributed by atoms with Crippen LogP contribution in [0.3, 0.4) is 0 Å². The lowest BCUT2D eigenvalue weighted by molar-refractivity contribution is -0.149. The molecule has 2 aromatic carbocycles. The number of nitrogens with zero attached hydrogens (tertiary/aromatic N) is 1. The van der Waals surface area contributed by atoms with Crippen molar-refractivity contribution in [3.63, 3.8) is 0 Å². The molecule has 5 nitrogen and oxygen atoms in total. The smallest absolute Gasteiger partial charge is 0.260 e. The van der Waals surface area contributed by atoms with Gasteiger partial charge in [-0.05, 0) is 74.4 Å². The molecule has 2 aliphatic heterocycles. The molecule has 2 fully saturated rings. The van der Waals surface area contributed by atoms with Gasteiger partial charge in [0.2, 0.25) is 0 Å². The van der Waals surface area contributed by atoms with Gasteiger partial charge in [-0.1, -0.05) is 18.2 Å². The maximum absolute atomic E-state index is 13.0. The molecule has 1 amide bonds. The Hall–Kier alpha value is -2.60. The molecule has 1 spiro atoms. The largest absolute Gasteiger partial charge is 0.494 e. The Morgan fingerprint density at radius 1 is 1.03 bits per heavy atom. The van der Waals surface area contributed by atoms with E-state index in [1.54, 1.807) is 12.1 Å². The topological polar surface area (TPSA) is 48.0 Å². The third-order valence-corrected chi connectivity index (χ3v) is 6.34. The van der Waals surface area contributed by atoms with Crippen molar-refractivity contribution < 1.29 is 23.4 Å². The van der Waals surface area contributed by atoms with Crippen LogP contribution < -0.4 is 9.47 Å². The number of rotatable bonds is 7. The van der Waals surface area contributed by atoms with E-state index in [1.807, 2.05) is 35.2 Å². The minimum Gasteiger partial charge on any atom is -0.494 e. The molecule has 2 saturated heterocycles. The van der Waals surface area contributed by atoms with Gasteiger partial charge in [-0.15, -0.1) is 0 Å². The zero-order valence-corrected chi connectivity index (χ0v) is 17.8. The van der Waals surface area contributed by atoms with E-state index in [0.29, 0.717) is 37.1 Å². The highest BCUT2D eigenvalue weighted by molar-refractivity contribution is 5.77. The number of para-hydroxylation sites is 1. The van der Waals surface area contributed by atoms with Gasteiger partial charge >= 0.3 is 0 Å². The number of benzene rings is 2. The highest BCUT2D eigenvalue weighted by Crippen LogP contribution is 2.38. The van der Waals surface area contributed by atoms with Crippen molar-refractivity contribution in [1.29, 1.82) is 0 Å². The summed E-state index contributed by atoms with van der Waals surface area (Å²) in [5.41, 5.74) is -0.129. The number of hydrogen-bond acceptors (Lipinski definition) is 4. The Labute approximate surface area is 183 Å². The predicted molar refractivity (Wildman–Crippen MR) is 116 cm³/mol. The van der Waals surface area contributed by atoms with Crippen LogP contribution in [-0.4, -0.2) is 49.3 Å². The zero-order chi connectivity index (χ0) is 21.5. The molecule has 0 saturated carbocycles. The first-order chi connectivity index (χ1) is 15.1. The van der Waals surface area contributed by atoms with Gasteiger partial charge in [0.15, 0.2) is 6.61 Å². The molecule has 0 aromatic heterocycles. The van der Waals surface area contributed by atoms with Crippen LogP contribution in [0.15, 0.2) is 54.6 Å². The van der Waals surface area contributed by atoms with Crippen molar-refractivity contribution in [3.8, 4) is 11.5 Å². The average Bonchev–Trinajstić information content (AvgIpc) is 2.80. The number of carbonyl (C=O) groups is 1. The van der Waals surface area contributed by atoms with E-state index in [-0.39, 0.29) is 23.9 Å².